The molecular formula is C28H26ClFN8O2. The third kappa shape index (κ3) is 4.62. The Bertz CT molecular complexity index is 1730. The summed E-state index contributed by atoms with van der Waals surface area (Å²) in [5.74, 6) is -0.194. The van der Waals surface area contributed by atoms with Crippen LogP contribution in [-0.2, 0) is 11.3 Å². The molecule has 1 aliphatic rings. The molecule has 3 aromatic heterocycles. The Morgan fingerprint density at radius 3 is 2.77 bits per heavy atom. The summed E-state index contributed by atoms with van der Waals surface area (Å²) in [5, 5.41) is 8.53. The van der Waals surface area contributed by atoms with E-state index in [1.54, 1.807) is 29.7 Å². The number of fused-ring (bicyclic) bond motifs is 2. The molecule has 1 saturated heterocycles. The minimum atomic E-state index is -0.567. The molecule has 4 heterocycles. The highest BCUT2D eigenvalue weighted by Gasteiger charge is 2.27. The van der Waals surface area contributed by atoms with Crippen LogP contribution >= 0.6 is 11.6 Å². The SMILES string of the molecule is C=CC(=O)N1CCN(c2nc(OCCn3ccnc3)nc3c(F)c(-c4c(C)ccc5[nH]ncc45)c(Cl)cc23)CC1. The zero-order chi connectivity index (χ0) is 27.8. The van der Waals surface area contributed by atoms with Gasteiger partial charge in [0.05, 0.1) is 29.6 Å². The van der Waals surface area contributed by atoms with Gasteiger partial charge in [0.1, 0.15) is 17.9 Å². The predicted molar refractivity (Wildman–Crippen MR) is 151 cm³/mol. The lowest BCUT2D eigenvalue weighted by atomic mass is 9.95. The number of ether oxygens (including phenoxy) is 1. The fourth-order valence-electron chi connectivity index (χ4n) is 5.08. The van der Waals surface area contributed by atoms with E-state index in [1.165, 1.54) is 6.08 Å². The van der Waals surface area contributed by atoms with Crippen molar-refractivity contribution < 1.29 is 13.9 Å². The van der Waals surface area contributed by atoms with Gasteiger partial charge >= 0.3 is 6.01 Å². The number of amides is 1. The molecule has 0 bridgehead atoms. The molecule has 40 heavy (non-hydrogen) atoms. The van der Waals surface area contributed by atoms with Gasteiger partial charge in [0.25, 0.3) is 0 Å². The fraction of sp³-hybridized carbons (Fsp3) is 0.250. The first-order valence-electron chi connectivity index (χ1n) is 12.8. The van der Waals surface area contributed by atoms with E-state index in [4.69, 9.17) is 16.3 Å². The quantitative estimate of drug-likeness (QED) is 0.294. The van der Waals surface area contributed by atoms with Crippen LogP contribution in [0.3, 0.4) is 0 Å². The van der Waals surface area contributed by atoms with Crippen molar-refractivity contribution in [2.75, 3.05) is 37.7 Å². The second kappa shape index (κ2) is 10.6. The van der Waals surface area contributed by atoms with E-state index in [-0.39, 0.29) is 34.6 Å². The number of aryl methyl sites for hydroxylation is 1. The number of hydrogen-bond acceptors (Lipinski definition) is 7. The average Bonchev–Trinajstić information content (AvgIpc) is 3.66. The second-order valence-electron chi connectivity index (χ2n) is 9.53. The largest absolute Gasteiger partial charge is 0.461 e. The Morgan fingerprint density at radius 1 is 1.20 bits per heavy atom. The van der Waals surface area contributed by atoms with Crippen LogP contribution in [0.15, 0.2) is 55.8 Å². The number of benzene rings is 2. The van der Waals surface area contributed by atoms with E-state index in [9.17, 15) is 4.79 Å². The number of carbonyl (C=O) groups is 1. The maximum atomic E-state index is 16.6. The number of aromatic amines is 1. The van der Waals surface area contributed by atoms with Crippen LogP contribution in [0.4, 0.5) is 10.2 Å². The highest BCUT2D eigenvalue weighted by Crippen LogP contribution is 2.42. The summed E-state index contributed by atoms with van der Waals surface area (Å²) in [4.78, 5) is 29.1. The molecule has 0 atom stereocenters. The van der Waals surface area contributed by atoms with Crippen LogP contribution in [0.25, 0.3) is 32.9 Å². The number of nitrogens with zero attached hydrogens (tertiary/aromatic N) is 7. The van der Waals surface area contributed by atoms with Gasteiger partial charge in [0.15, 0.2) is 5.82 Å². The number of halogens is 2. The lowest BCUT2D eigenvalue weighted by Crippen LogP contribution is -2.48. The number of piperazine rings is 1. The van der Waals surface area contributed by atoms with Crippen LogP contribution in [0.5, 0.6) is 6.01 Å². The number of nitrogens with one attached hydrogen (secondary N) is 1. The van der Waals surface area contributed by atoms with Gasteiger partial charge in [-0.2, -0.15) is 15.1 Å². The zero-order valence-corrected chi connectivity index (χ0v) is 22.5. The first kappa shape index (κ1) is 25.8. The molecular weight excluding hydrogens is 535 g/mol. The molecule has 0 unspecified atom stereocenters. The fourth-order valence-corrected chi connectivity index (χ4v) is 5.37. The summed E-state index contributed by atoms with van der Waals surface area (Å²) in [6.45, 7) is 8.21. The maximum absolute atomic E-state index is 16.6. The Kier molecular flexibility index (Phi) is 6.81. The van der Waals surface area contributed by atoms with Crippen molar-refractivity contribution in [1.82, 2.24) is 34.6 Å². The summed E-state index contributed by atoms with van der Waals surface area (Å²) < 4.78 is 24.3. The highest BCUT2D eigenvalue weighted by molar-refractivity contribution is 6.35. The standard InChI is InChI=1S/C28H26ClFN8O2/c1-3-22(39)37-8-10-38(11-9-37)27-18-14-20(29)24(23-17(2)4-5-21-19(23)15-32-35-21)25(30)26(18)33-28(34-27)40-13-12-36-7-6-31-16-36/h3-7,14-16H,1,8-13H2,2H3,(H,32,35). The molecule has 1 aliphatic heterocycles. The minimum Gasteiger partial charge on any atom is -0.461 e. The van der Waals surface area contributed by atoms with E-state index in [0.717, 1.165) is 16.5 Å². The van der Waals surface area contributed by atoms with Crippen LogP contribution in [-0.4, -0.2) is 73.3 Å². The third-order valence-electron chi connectivity index (χ3n) is 7.13. The van der Waals surface area contributed by atoms with Crippen LogP contribution in [0.1, 0.15) is 5.56 Å². The summed E-state index contributed by atoms with van der Waals surface area (Å²) in [7, 11) is 0. The van der Waals surface area contributed by atoms with Gasteiger partial charge in [-0.15, -0.1) is 0 Å². The van der Waals surface area contributed by atoms with Crippen LogP contribution in [0.2, 0.25) is 5.02 Å². The van der Waals surface area contributed by atoms with Crippen LogP contribution in [0, 0.1) is 12.7 Å². The maximum Gasteiger partial charge on any atom is 0.319 e. The van der Waals surface area contributed by atoms with Gasteiger partial charge in [-0.1, -0.05) is 24.2 Å². The highest BCUT2D eigenvalue weighted by atomic mass is 35.5. The number of imidazole rings is 1. The molecule has 0 aliphatic carbocycles. The summed E-state index contributed by atoms with van der Waals surface area (Å²) in [6.07, 6.45) is 8.17. The van der Waals surface area contributed by atoms with Crippen molar-refractivity contribution in [2.45, 2.75) is 13.5 Å². The van der Waals surface area contributed by atoms with E-state index in [0.29, 0.717) is 49.5 Å². The first-order chi connectivity index (χ1) is 19.4. The monoisotopic (exact) mass is 560 g/mol. The topological polar surface area (TPSA) is 105 Å². The number of anilines is 1. The average molecular weight is 561 g/mol. The number of aromatic nitrogens is 6. The predicted octanol–water partition coefficient (Wildman–Crippen LogP) is 4.38. The van der Waals surface area contributed by atoms with Gasteiger partial charge in [0.2, 0.25) is 5.91 Å². The normalized spacial score (nSPS) is 13.8. The smallest absolute Gasteiger partial charge is 0.319 e. The molecule has 1 fully saturated rings. The molecule has 12 heteroatoms. The Hall–Kier alpha value is -4.51. The number of rotatable bonds is 7. The number of H-pyrrole nitrogens is 1. The van der Waals surface area contributed by atoms with E-state index in [1.807, 2.05) is 34.7 Å². The van der Waals surface area contributed by atoms with Crippen molar-refractivity contribution in [1.29, 1.82) is 0 Å². The van der Waals surface area contributed by atoms with Gasteiger partial charge in [-0.3, -0.25) is 9.89 Å². The molecule has 10 nitrogen and oxygen atoms in total. The number of carbonyl (C=O) groups excluding carboxylic acids is 1. The molecule has 0 spiro atoms. The van der Waals surface area contributed by atoms with Gasteiger partial charge in [-0.25, -0.2) is 9.37 Å². The molecule has 6 rings (SSSR count). The molecule has 5 aromatic rings. The molecule has 2 aromatic carbocycles. The van der Waals surface area contributed by atoms with E-state index in [2.05, 4.69) is 31.7 Å². The summed E-state index contributed by atoms with van der Waals surface area (Å²) >= 11 is 6.81. The minimum absolute atomic E-state index is 0.0534. The number of hydrogen-bond donors (Lipinski definition) is 1. The molecule has 1 amide bonds. The molecule has 1 N–H and O–H groups in total. The van der Waals surface area contributed by atoms with Crippen molar-refractivity contribution >= 4 is 45.1 Å². The van der Waals surface area contributed by atoms with E-state index >= 15 is 4.39 Å². The lowest BCUT2D eigenvalue weighted by Gasteiger charge is -2.35. The molecule has 204 valence electrons. The Labute approximate surface area is 234 Å². The molecule has 0 radical (unpaired) electrons. The van der Waals surface area contributed by atoms with Gasteiger partial charge in [0, 0.05) is 60.5 Å². The van der Waals surface area contributed by atoms with Crippen LogP contribution < -0.4 is 9.64 Å². The first-order valence-corrected chi connectivity index (χ1v) is 13.2. The van der Waals surface area contributed by atoms with E-state index < -0.39 is 5.82 Å². The summed E-state index contributed by atoms with van der Waals surface area (Å²) in [5.41, 5.74) is 2.62. The van der Waals surface area contributed by atoms with Gasteiger partial charge < -0.3 is 19.1 Å². The van der Waals surface area contributed by atoms with Crippen molar-refractivity contribution in [3.63, 3.8) is 0 Å². The van der Waals surface area contributed by atoms with Crippen molar-refractivity contribution in [3.8, 4) is 17.1 Å². The summed E-state index contributed by atoms with van der Waals surface area (Å²) in [6, 6.07) is 5.56. The van der Waals surface area contributed by atoms with Crippen molar-refractivity contribution in [3.05, 3.63) is 72.2 Å². The Balaban J connectivity index is 1.46. The Morgan fingerprint density at radius 2 is 2.02 bits per heavy atom. The second-order valence-corrected chi connectivity index (χ2v) is 9.93. The molecule has 0 saturated carbocycles. The van der Waals surface area contributed by atoms with Crippen molar-refractivity contribution in [2.24, 2.45) is 0 Å². The zero-order valence-electron chi connectivity index (χ0n) is 21.8. The van der Waals surface area contributed by atoms with Gasteiger partial charge in [-0.05, 0) is 30.7 Å². The third-order valence-corrected chi connectivity index (χ3v) is 7.43. The lowest BCUT2D eigenvalue weighted by molar-refractivity contribution is -0.126.